The molecule has 0 aromatic heterocycles. The van der Waals surface area contributed by atoms with Crippen LogP contribution in [0.2, 0.25) is 0 Å². The maximum absolute atomic E-state index is 2.40. The second-order valence-corrected chi connectivity index (χ2v) is 8.76. The largest absolute Gasteiger partial charge is 0.0842 e. The van der Waals surface area contributed by atoms with Crippen LogP contribution in [0.5, 0.6) is 0 Å². The Balaban J connectivity index is 1.83. The molecule has 3 aliphatic carbocycles. The number of hydrogen-bond acceptors (Lipinski definition) is 0. The third-order valence-electron chi connectivity index (χ3n) is 6.64. The molecular weight excluding hydrogens is 408 g/mol. The van der Waals surface area contributed by atoms with Crippen molar-refractivity contribution in [2.75, 3.05) is 0 Å². The molecule has 166 valence electrons. The van der Waals surface area contributed by atoms with Gasteiger partial charge in [-0.1, -0.05) is 146 Å². The van der Waals surface area contributed by atoms with Crippen molar-refractivity contribution in [2.45, 2.75) is 12.8 Å². The van der Waals surface area contributed by atoms with Crippen LogP contribution in [-0.2, 0) is 0 Å². The first-order valence-corrected chi connectivity index (χ1v) is 12.2. The van der Waals surface area contributed by atoms with E-state index in [0.29, 0.717) is 11.8 Å². The Morgan fingerprint density at radius 3 is 1.79 bits per heavy atom. The summed E-state index contributed by atoms with van der Waals surface area (Å²) < 4.78 is 0. The molecule has 0 N–H and O–H groups in total. The van der Waals surface area contributed by atoms with Gasteiger partial charge < -0.3 is 0 Å². The van der Waals surface area contributed by atoms with Crippen LogP contribution in [0.4, 0.5) is 0 Å². The highest BCUT2D eigenvalue weighted by atomic mass is 14.3. The van der Waals surface area contributed by atoms with Crippen molar-refractivity contribution in [1.29, 1.82) is 0 Å². The van der Waals surface area contributed by atoms with Gasteiger partial charge in [0.2, 0.25) is 0 Å². The van der Waals surface area contributed by atoms with Crippen molar-refractivity contribution >= 4 is 11.1 Å². The first-order valence-electron chi connectivity index (χ1n) is 12.2. The molecule has 0 heterocycles. The summed E-state index contributed by atoms with van der Waals surface area (Å²) in [4.78, 5) is 0. The molecule has 0 nitrogen and oxygen atoms in total. The molecule has 2 aromatic carbocycles. The van der Waals surface area contributed by atoms with Crippen LogP contribution in [0.15, 0.2) is 151 Å². The molecule has 3 aliphatic rings. The highest BCUT2D eigenvalue weighted by Crippen LogP contribution is 2.41. The summed E-state index contributed by atoms with van der Waals surface area (Å²) >= 11 is 0. The SMILES string of the molecule is C1=CC=CCCC(C2=c3ccccc3=C(c3ccccccccc3)C3C=CC=CC23)=CC=C1. The molecule has 0 amide bonds. The molecule has 0 aliphatic heterocycles. The summed E-state index contributed by atoms with van der Waals surface area (Å²) in [5, 5.41) is 2.71. The van der Waals surface area contributed by atoms with Crippen molar-refractivity contribution < 1.29 is 0 Å². The van der Waals surface area contributed by atoms with E-state index in [1.165, 1.54) is 32.7 Å². The zero-order valence-corrected chi connectivity index (χ0v) is 19.4. The van der Waals surface area contributed by atoms with Crippen molar-refractivity contribution in [3.63, 3.8) is 0 Å². The van der Waals surface area contributed by atoms with Crippen molar-refractivity contribution in [3.8, 4) is 0 Å². The van der Waals surface area contributed by atoms with Crippen LogP contribution in [0.3, 0.4) is 0 Å². The van der Waals surface area contributed by atoms with E-state index in [9.17, 15) is 0 Å². The fourth-order valence-corrected chi connectivity index (χ4v) is 5.17. The van der Waals surface area contributed by atoms with Gasteiger partial charge in [0.1, 0.15) is 0 Å². The molecular formula is C34H30. The minimum atomic E-state index is 0.303. The molecule has 0 fully saturated rings. The number of benzene rings is 1. The summed E-state index contributed by atoms with van der Waals surface area (Å²) in [6.45, 7) is 0. The molecule has 2 aromatic rings. The van der Waals surface area contributed by atoms with Crippen molar-refractivity contribution in [1.82, 2.24) is 0 Å². The van der Waals surface area contributed by atoms with E-state index in [1.807, 2.05) is 0 Å². The van der Waals surface area contributed by atoms with E-state index in [1.54, 1.807) is 0 Å². The topological polar surface area (TPSA) is 0 Å². The lowest BCUT2D eigenvalue weighted by Crippen LogP contribution is -2.40. The van der Waals surface area contributed by atoms with Gasteiger partial charge in [0, 0.05) is 11.8 Å². The quantitative estimate of drug-likeness (QED) is 0.477. The average Bonchev–Trinajstić information content (AvgIpc) is 2.89. The maximum atomic E-state index is 2.40. The zero-order chi connectivity index (χ0) is 23.0. The average molecular weight is 439 g/mol. The second-order valence-electron chi connectivity index (χ2n) is 8.76. The van der Waals surface area contributed by atoms with Gasteiger partial charge in [-0.2, -0.15) is 0 Å². The van der Waals surface area contributed by atoms with E-state index in [4.69, 9.17) is 0 Å². The third kappa shape index (κ3) is 4.72. The first kappa shape index (κ1) is 21.9. The summed E-state index contributed by atoms with van der Waals surface area (Å²) in [6, 6.07) is 28.2. The number of fused-ring (bicyclic) bond motifs is 2. The van der Waals surface area contributed by atoms with Crippen LogP contribution in [-0.4, -0.2) is 0 Å². The fourth-order valence-electron chi connectivity index (χ4n) is 5.17. The lowest BCUT2D eigenvalue weighted by Gasteiger charge is -2.34. The van der Waals surface area contributed by atoms with E-state index in [0.717, 1.165) is 12.8 Å². The van der Waals surface area contributed by atoms with Gasteiger partial charge in [-0.3, -0.25) is 0 Å². The molecule has 34 heavy (non-hydrogen) atoms. The Morgan fingerprint density at radius 1 is 0.500 bits per heavy atom. The Morgan fingerprint density at radius 2 is 1.06 bits per heavy atom. The highest BCUT2D eigenvalue weighted by Gasteiger charge is 2.31. The Labute approximate surface area is 203 Å². The molecule has 0 saturated heterocycles. The number of hydrogen-bond donors (Lipinski definition) is 0. The lowest BCUT2D eigenvalue weighted by atomic mass is 9.69. The maximum Gasteiger partial charge on any atom is 0.0137 e. The summed E-state index contributed by atoms with van der Waals surface area (Å²) in [5.74, 6) is 0.624. The van der Waals surface area contributed by atoms with Crippen molar-refractivity contribution in [2.24, 2.45) is 11.8 Å². The van der Waals surface area contributed by atoms with Crippen LogP contribution < -0.4 is 10.4 Å². The predicted molar refractivity (Wildman–Crippen MR) is 146 cm³/mol. The number of rotatable bonds is 2. The van der Waals surface area contributed by atoms with Crippen LogP contribution in [0.25, 0.3) is 11.1 Å². The monoisotopic (exact) mass is 438 g/mol. The standard InChI is InChI=1S/C34H30/c1-3-7-11-19-27(20-12-8-4-1)33-29-23-15-17-25-31(29)34(32-26-18-16-24-30(32)33)28-21-13-9-5-2-6-10-14-22-28/h1-13,15-21,23-26,29,31H,14,22H2. The summed E-state index contributed by atoms with van der Waals surface area (Å²) in [6.07, 6.45) is 26.6. The molecule has 0 radical (unpaired) electrons. The Bertz CT molecular complexity index is 1380. The second kappa shape index (κ2) is 10.8. The van der Waals surface area contributed by atoms with Gasteiger partial charge in [-0.05, 0) is 45.6 Å². The molecule has 2 atom stereocenters. The molecule has 2 unspecified atom stereocenters. The van der Waals surface area contributed by atoms with Gasteiger partial charge >= 0.3 is 0 Å². The molecule has 0 saturated carbocycles. The normalized spacial score (nSPS) is 20.8. The van der Waals surface area contributed by atoms with Gasteiger partial charge in [-0.25, -0.2) is 0 Å². The zero-order valence-electron chi connectivity index (χ0n) is 19.4. The smallest absolute Gasteiger partial charge is 0.0137 e. The van der Waals surface area contributed by atoms with E-state index in [2.05, 4.69) is 146 Å². The highest BCUT2D eigenvalue weighted by molar-refractivity contribution is 5.80. The van der Waals surface area contributed by atoms with Gasteiger partial charge in [-0.15, -0.1) is 0 Å². The van der Waals surface area contributed by atoms with Gasteiger partial charge in [0.25, 0.3) is 0 Å². The number of allylic oxidation sites excluding steroid dienone is 12. The third-order valence-corrected chi connectivity index (χ3v) is 6.64. The van der Waals surface area contributed by atoms with E-state index in [-0.39, 0.29) is 0 Å². The summed E-state index contributed by atoms with van der Waals surface area (Å²) in [5.41, 5.74) is 5.57. The van der Waals surface area contributed by atoms with Gasteiger partial charge in [0.05, 0.1) is 0 Å². The molecule has 0 heteroatoms. The van der Waals surface area contributed by atoms with E-state index >= 15 is 0 Å². The van der Waals surface area contributed by atoms with Gasteiger partial charge in [0.15, 0.2) is 0 Å². The van der Waals surface area contributed by atoms with Crippen LogP contribution >= 0.6 is 0 Å². The molecule has 0 bridgehead atoms. The molecule has 5 rings (SSSR count). The Hall–Kier alpha value is -3.90. The lowest BCUT2D eigenvalue weighted by molar-refractivity contribution is 0.680. The van der Waals surface area contributed by atoms with Crippen molar-refractivity contribution in [3.05, 3.63) is 167 Å². The van der Waals surface area contributed by atoms with Crippen LogP contribution in [0.1, 0.15) is 18.4 Å². The minimum Gasteiger partial charge on any atom is -0.0842 e. The Kier molecular flexibility index (Phi) is 6.97. The summed E-state index contributed by atoms with van der Waals surface area (Å²) in [7, 11) is 0. The van der Waals surface area contributed by atoms with Crippen LogP contribution in [0, 0.1) is 11.8 Å². The minimum absolute atomic E-state index is 0.303. The first-order chi connectivity index (χ1) is 16.9. The fraction of sp³-hybridized carbons (Fsp3) is 0.118. The molecule has 0 spiro atoms. The predicted octanol–water partition coefficient (Wildman–Crippen LogP) is 6.92. The van der Waals surface area contributed by atoms with E-state index < -0.39 is 0 Å².